The highest BCUT2D eigenvalue weighted by molar-refractivity contribution is 7.13. The van der Waals surface area contributed by atoms with E-state index >= 15 is 0 Å². The van der Waals surface area contributed by atoms with Crippen molar-refractivity contribution in [1.29, 1.82) is 0 Å². The molecule has 0 spiro atoms. The van der Waals surface area contributed by atoms with Crippen LogP contribution in [0, 0.1) is 5.41 Å². The first-order valence-corrected chi connectivity index (χ1v) is 8.13. The van der Waals surface area contributed by atoms with Crippen LogP contribution in [-0.4, -0.2) is 31.3 Å². The van der Waals surface area contributed by atoms with Gasteiger partial charge in [-0.3, -0.25) is 4.79 Å². The molecule has 3 rings (SSSR count). The number of carboxylic acids is 1. The number of hydrogen-bond donors (Lipinski definition) is 1. The van der Waals surface area contributed by atoms with Gasteiger partial charge in [-0.1, -0.05) is 31.7 Å². The molecule has 0 bridgehead atoms. The van der Waals surface area contributed by atoms with E-state index in [9.17, 15) is 9.90 Å². The third-order valence-corrected chi connectivity index (χ3v) is 5.11. The van der Waals surface area contributed by atoms with E-state index in [1.807, 2.05) is 17.5 Å². The van der Waals surface area contributed by atoms with Crippen LogP contribution in [0.25, 0.3) is 10.7 Å². The number of carbonyl (C=O) groups is 1. The first-order chi connectivity index (χ1) is 10.2. The van der Waals surface area contributed by atoms with Crippen LogP contribution in [0.1, 0.15) is 38.5 Å². The van der Waals surface area contributed by atoms with Gasteiger partial charge in [0.25, 0.3) is 0 Å². The highest BCUT2D eigenvalue weighted by Gasteiger charge is 2.40. The predicted molar refractivity (Wildman–Crippen MR) is 78.9 cm³/mol. The molecule has 2 heterocycles. The van der Waals surface area contributed by atoms with Crippen LogP contribution in [0.15, 0.2) is 17.5 Å². The molecule has 2 aromatic rings. The lowest BCUT2D eigenvalue weighted by Gasteiger charge is -2.27. The minimum Gasteiger partial charge on any atom is -0.481 e. The molecule has 0 atom stereocenters. The number of aromatic nitrogens is 4. The summed E-state index contributed by atoms with van der Waals surface area (Å²) < 4.78 is 1.66. The van der Waals surface area contributed by atoms with Gasteiger partial charge in [0.05, 0.1) is 16.8 Å². The Balaban J connectivity index is 1.90. The van der Waals surface area contributed by atoms with Gasteiger partial charge in [-0.15, -0.1) is 16.4 Å². The van der Waals surface area contributed by atoms with E-state index in [0.29, 0.717) is 25.2 Å². The van der Waals surface area contributed by atoms with Crippen molar-refractivity contribution in [1.82, 2.24) is 20.2 Å². The van der Waals surface area contributed by atoms with E-state index in [-0.39, 0.29) is 0 Å². The summed E-state index contributed by atoms with van der Waals surface area (Å²) in [6, 6.07) is 3.89. The summed E-state index contributed by atoms with van der Waals surface area (Å²) >= 11 is 1.56. The minimum absolute atomic E-state index is 0.350. The zero-order chi connectivity index (χ0) is 14.7. The predicted octanol–water partition coefficient (Wildman–Crippen LogP) is 2.83. The normalized spacial score (nSPS) is 18.3. The Morgan fingerprint density at radius 2 is 2.10 bits per heavy atom. The Labute approximate surface area is 126 Å². The number of aliphatic carboxylic acids is 1. The number of nitrogens with zero attached hydrogens (tertiary/aromatic N) is 4. The fourth-order valence-corrected chi connectivity index (χ4v) is 3.74. The molecular formula is C14H18N4O2S. The zero-order valence-electron chi connectivity index (χ0n) is 11.7. The zero-order valence-corrected chi connectivity index (χ0v) is 12.6. The van der Waals surface area contributed by atoms with Crippen LogP contribution in [0.2, 0.25) is 0 Å². The summed E-state index contributed by atoms with van der Waals surface area (Å²) in [5, 5.41) is 23.5. The van der Waals surface area contributed by atoms with Crippen LogP contribution < -0.4 is 0 Å². The van der Waals surface area contributed by atoms with Crippen LogP contribution in [0.3, 0.4) is 0 Å². The molecule has 1 N–H and O–H groups in total. The SMILES string of the molecule is O=C(O)C1(Cn2nnnc2-c2cccs2)CCCCCC1. The van der Waals surface area contributed by atoms with Crippen LogP contribution in [0.5, 0.6) is 0 Å². The Morgan fingerprint density at radius 1 is 1.33 bits per heavy atom. The third-order valence-electron chi connectivity index (χ3n) is 4.24. The van der Waals surface area contributed by atoms with Crippen molar-refractivity contribution in [3.63, 3.8) is 0 Å². The Bertz CT molecular complexity index is 600. The van der Waals surface area contributed by atoms with E-state index in [4.69, 9.17) is 0 Å². The van der Waals surface area contributed by atoms with Crippen molar-refractivity contribution in [3.8, 4) is 10.7 Å². The van der Waals surface area contributed by atoms with Gasteiger partial charge in [-0.05, 0) is 34.7 Å². The van der Waals surface area contributed by atoms with E-state index in [1.54, 1.807) is 16.0 Å². The first-order valence-electron chi connectivity index (χ1n) is 7.25. The smallest absolute Gasteiger partial charge is 0.311 e. The lowest BCUT2D eigenvalue weighted by Crippen LogP contribution is -2.35. The molecule has 1 saturated carbocycles. The molecule has 1 fully saturated rings. The first kappa shape index (κ1) is 14.2. The molecule has 0 unspecified atom stereocenters. The Hall–Kier alpha value is -1.76. The third kappa shape index (κ3) is 2.83. The number of thiophene rings is 1. The molecule has 112 valence electrons. The van der Waals surface area contributed by atoms with Crippen molar-refractivity contribution in [2.24, 2.45) is 5.41 Å². The summed E-state index contributed by atoms with van der Waals surface area (Å²) in [7, 11) is 0. The number of carboxylic acid groups (broad SMARTS) is 1. The molecule has 1 aliphatic rings. The summed E-state index contributed by atoms with van der Waals surface area (Å²) in [5.74, 6) is -0.0631. The van der Waals surface area contributed by atoms with Crippen molar-refractivity contribution in [2.45, 2.75) is 45.1 Å². The van der Waals surface area contributed by atoms with E-state index in [0.717, 1.165) is 30.6 Å². The van der Waals surface area contributed by atoms with Gasteiger partial charge in [0.2, 0.25) is 0 Å². The topological polar surface area (TPSA) is 80.9 Å². The van der Waals surface area contributed by atoms with Crippen molar-refractivity contribution >= 4 is 17.3 Å². The lowest BCUT2D eigenvalue weighted by atomic mass is 9.80. The minimum atomic E-state index is -0.738. The van der Waals surface area contributed by atoms with Crippen LogP contribution in [-0.2, 0) is 11.3 Å². The van der Waals surface area contributed by atoms with E-state index in [1.165, 1.54) is 0 Å². The summed E-state index contributed by atoms with van der Waals surface area (Å²) in [6.45, 7) is 0.350. The molecule has 1 aliphatic carbocycles. The number of rotatable bonds is 4. The summed E-state index contributed by atoms with van der Waals surface area (Å²) in [6.07, 6.45) is 5.55. The van der Waals surface area contributed by atoms with Gasteiger partial charge in [-0.2, -0.15) is 0 Å². The van der Waals surface area contributed by atoms with Crippen LogP contribution in [0.4, 0.5) is 0 Å². The average molecular weight is 306 g/mol. The molecule has 0 radical (unpaired) electrons. The van der Waals surface area contributed by atoms with Gasteiger partial charge in [0, 0.05) is 0 Å². The molecule has 0 amide bonds. The maximum atomic E-state index is 11.9. The number of tetrazole rings is 1. The fourth-order valence-electron chi connectivity index (χ4n) is 3.03. The largest absolute Gasteiger partial charge is 0.481 e. The maximum Gasteiger partial charge on any atom is 0.311 e. The second kappa shape index (κ2) is 5.93. The molecular weight excluding hydrogens is 288 g/mol. The second-order valence-corrected chi connectivity index (χ2v) is 6.58. The standard InChI is InChI=1S/C14H18N4O2S/c19-13(20)14(7-3-1-2-4-8-14)10-18-12(15-16-17-18)11-6-5-9-21-11/h5-6,9H,1-4,7-8,10H2,(H,19,20). The Kier molecular flexibility index (Phi) is 4.01. The number of hydrogen-bond acceptors (Lipinski definition) is 5. The second-order valence-electron chi connectivity index (χ2n) is 5.64. The lowest BCUT2D eigenvalue weighted by molar-refractivity contribution is -0.151. The fraction of sp³-hybridized carbons (Fsp3) is 0.571. The monoisotopic (exact) mass is 306 g/mol. The molecule has 6 nitrogen and oxygen atoms in total. The van der Waals surface area contributed by atoms with Gasteiger partial charge in [-0.25, -0.2) is 4.68 Å². The van der Waals surface area contributed by atoms with Gasteiger partial charge in [0.1, 0.15) is 0 Å². The maximum absolute atomic E-state index is 11.9. The van der Waals surface area contributed by atoms with E-state index < -0.39 is 11.4 Å². The van der Waals surface area contributed by atoms with Crippen molar-refractivity contribution in [3.05, 3.63) is 17.5 Å². The molecule has 2 aromatic heterocycles. The van der Waals surface area contributed by atoms with E-state index in [2.05, 4.69) is 15.5 Å². The van der Waals surface area contributed by atoms with Gasteiger partial charge in [0.15, 0.2) is 5.82 Å². The van der Waals surface area contributed by atoms with Crippen molar-refractivity contribution < 1.29 is 9.90 Å². The quantitative estimate of drug-likeness (QED) is 0.878. The van der Waals surface area contributed by atoms with Crippen molar-refractivity contribution in [2.75, 3.05) is 0 Å². The molecule has 21 heavy (non-hydrogen) atoms. The molecule has 0 aromatic carbocycles. The summed E-state index contributed by atoms with van der Waals surface area (Å²) in [5.41, 5.74) is -0.738. The molecule has 0 saturated heterocycles. The highest BCUT2D eigenvalue weighted by atomic mass is 32.1. The Morgan fingerprint density at radius 3 is 2.71 bits per heavy atom. The average Bonchev–Trinajstić information content (AvgIpc) is 3.07. The van der Waals surface area contributed by atoms with Gasteiger partial charge >= 0.3 is 5.97 Å². The molecule has 0 aliphatic heterocycles. The highest BCUT2D eigenvalue weighted by Crippen LogP contribution is 2.37. The van der Waals surface area contributed by atoms with Crippen LogP contribution >= 0.6 is 11.3 Å². The molecule has 7 heteroatoms. The summed E-state index contributed by atoms with van der Waals surface area (Å²) in [4.78, 5) is 12.8. The van der Waals surface area contributed by atoms with Gasteiger partial charge < -0.3 is 5.11 Å².